The standard InChI is InChI=1S/C28H34N2O3/c1-20(27(32)29-28(2,3)4)30(19-21-10-8-14-24(18-21)33-5)26(31)17-16-23-13-9-12-22-11-6-7-15-25(22)23/h6-15,18,20H,16-17,19H2,1-5H3,(H,29,32). The van der Waals surface area contributed by atoms with Crippen molar-refractivity contribution in [3.05, 3.63) is 77.9 Å². The molecule has 3 aromatic rings. The van der Waals surface area contributed by atoms with Crippen LogP contribution in [0.1, 0.15) is 45.2 Å². The van der Waals surface area contributed by atoms with Crippen LogP contribution in [0.25, 0.3) is 10.8 Å². The summed E-state index contributed by atoms with van der Waals surface area (Å²) < 4.78 is 5.33. The van der Waals surface area contributed by atoms with E-state index in [1.807, 2.05) is 63.2 Å². The lowest BCUT2D eigenvalue weighted by molar-refractivity contribution is -0.141. The summed E-state index contributed by atoms with van der Waals surface area (Å²) in [5.41, 5.74) is 1.68. The highest BCUT2D eigenvalue weighted by molar-refractivity contribution is 5.89. The van der Waals surface area contributed by atoms with Crippen molar-refractivity contribution < 1.29 is 14.3 Å². The molecular weight excluding hydrogens is 412 g/mol. The average molecular weight is 447 g/mol. The van der Waals surface area contributed by atoms with Crippen LogP contribution in [-0.2, 0) is 22.6 Å². The molecule has 174 valence electrons. The summed E-state index contributed by atoms with van der Waals surface area (Å²) in [7, 11) is 1.62. The predicted octanol–water partition coefficient (Wildman–Crippen LogP) is 5.11. The first-order valence-electron chi connectivity index (χ1n) is 11.4. The van der Waals surface area contributed by atoms with Gasteiger partial charge in [0, 0.05) is 18.5 Å². The molecule has 3 rings (SSSR count). The molecule has 0 aliphatic rings. The van der Waals surface area contributed by atoms with Crippen LogP contribution in [0.3, 0.4) is 0 Å². The van der Waals surface area contributed by atoms with E-state index < -0.39 is 6.04 Å². The fourth-order valence-electron chi connectivity index (χ4n) is 3.92. The molecule has 0 aliphatic carbocycles. The third kappa shape index (κ3) is 6.58. The highest BCUT2D eigenvalue weighted by atomic mass is 16.5. The highest BCUT2D eigenvalue weighted by Crippen LogP contribution is 2.21. The average Bonchev–Trinajstić information content (AvgIpc) is 2.79. The summed E-state index contributed by atoms with van der Waals surface area (Å²) in [6.07, 6.45) is 0.938. The number of hydrogen-bond acceptors (Lipinski definition) is 3. The smallest absolute Gasteiger partial charge is 0.242 e. The zero-order chi connectivity index (χ0) is 24.0. The Morgan fingerprint density at radius 3 is 2.42 bits per heavy atom. The second-order valence-electron chi connectivity index (χ2n) is 9.43. The number of carbonyl (C=O) groups is 2. The van der Waals surface area contributed by atoms with Gasteiger partial charge in [-0.15, -0.1) is 0 Å². The molecule has 0 heterocycles. The molecule has 0 aliphatic heterocycles. The quantitative estimate of drug-likeness (QED) is 0.523. The molecule has 3 aromatic carbocycles. The van der Waals surface area contributed by atoms with Gasteiger partial charge in [0.05, 0.1) is 7.11 Å². The Bertz CT molecular complexity index is 1110. The lowest BCUT2D eigenvalue weighted by Crippen LogP contribution is -2.52. The molecule has 0 bridgehead atoms. The number of fused-ring (bicyclic) bond motifs is 1. The van der Waals surface area contributed by atoms with Crippen LogP contribution in [0, 0.1) is 0 Å². The molecule has 5 heteroatoms. The number of carbonyl (C=O) groups excluding carboxylic acids is 2. The highest BCUT2D eigenvalue weighted by Gasteiger charge is 2.28. The number of hydrogen-bond donors (Lipinski definition) is 1. The minimum atomic E-state index is -0.601. The number of ether oxygens (including phenoxy) is 1. The Morgan fingerprint density at radius 1 is 1.00 bits per heavy atom. The number of benzene rings is 3. The number of aryl methyl sites for hydroxylation is 1. The molecule has 1 unspecified atom stereocenters. The van der Waals surface area contributed by atoms with Crippen molar-refractivity contribution in [3.8, 4) is 5.75 Å². The van der Waals surface area contributed by atoms with Crippen molar-refractivity contribution >= 4 is 22.6 Å². The van der Waals surface area contributed by atoms with Crippen molar-refractivity contribution in [1.29, 1.82) is 0 Å². The molecule has 0 saturated heterocycles. The van der Waals surface area contributed by atoms with Crippen molar-refractivity contribution in [2.24, 2.45) is 0 Å². The number of rotatable bonds is 8. The molecule has 0 saturated carbocycles. The topological polar surface area (TPSA) is 58.6 Å². The van der Waals surface area contributed by atoms with E-state index in [1.54, 1.807) is 18.9 Å². The Hall–Kier alpha value is -3.34. The molecule has 2 amide bonds. The van der Waals surface area contributed by atoms with E-state index >= 15 is 0 Å². The molecule has 5 nitrogen and oxygen atoms in total. The van der Waals surface area contributed by atoms with E-state index in [0.29, 0.717) is 19.4 Å². The Labute approximate surface area is 196 Å². The SMILES string of the molecule is COc1cccc(CN(C(=O)CCc2cccc3ccccc23)C(C)C(=O)NC(C)(C)C)c1. The summed E-state index contributed by atoms with van der Waals surface area (Å²) in [4.78, 5) is 28.0. The van der Waals surface area contributed by atoms with Gasteiger partial charge in [-0.05, 0) is 68.1 Å². The van der Waals surface area contributed by atoms with E-state index in [1.165, 1.54) is 0 Å². The van der Waals surface area contributed by atoms with Gasteiger partial charge in [0.2, 0.25) is 11.8 Å². The Balaban J connectivity index is 1.82. The second kappa shape index (κ2) is 10.5. The summed E-state index contributed by atoms with van der Waals surface area (Å²) in [6, 6.07) is 21.4. The Kier molecular flexibility index (Phi) is 7.75. The van der Waals surface area contributed by atoms with Gasteiger partial charge in [0.25, 0.3) is 0 Å². The monoisotopic (exact) mass is 446 g/mol. The molecule has 0 aromatic heterocycles. The molecule has 33 heavy (non-hydrogen) atoms. The first kappa shape index (κ1) is 24.3. The summed E-state index contributed by atoms with van der Waals surface area (Å²) >= 11 is 0. The van der Waals surface area contributed by atoms with E-state index in [9.17, 15) is 9.59 Å². The van der Waals surface area contributed by atoms with Crippen LogP contribution < -0.4 is 10.1 Å². The lowest BCUT2D eigenvalue weighted by Gasteiger charge is -2.31. The van der Waals surface area contributed by atoms with Crippen LogP contribution in [0.15, 0.2) is 66.7 Å². The zero-order valence-electron chi connectivity index (χ0n) is 20.2. The van der Waals surface area contributed by atoms with Gasteiger partial charge in [-0.3, -0.25) is 9.59 Å². The molecule has 1 atom stereocenters. The summed E-state index contributed by atoms with van der Waals surface area (Å²) in [6.45, 7) is 7.94. The van der Waals surface area contributed by atoms with Crippen molar-refractivity contribution in [3.63, 3.8) is 0 Å². The van der Waals surface area contributed by atoms with Crippen LogP contribution in [0.2, 0.25) is 0 Å². The minimum absolute atomic E-state index is 0.0534. The maximum absolute atomic E-state index is 13.4. The number of nitrogens with zero attached hydrogens (tertiary/aromatic N) is 1. The summed E-state index contributed by atoms with van der Waals surface area (Å²) in [5, 5.41) is 5.32. The van der Waals surface area contributed by atoms with Gasteiger partial charge >= 0.3 is 0 Å². The van der Waals surface area contributed by atoms with Crippen molar-refractivity contribution in [2.75, 3.05) is 7.11 Å². The second-order valence-corrected chi connectivity index (χ2v) is 9.43. The number of amides is 2. The Morgan fingerprint density at radius 2 is 1.70 bits per heavy atom. The first-order valence-corrected chi connectivity index (χ1v) is 11.4. The predicted molar refractivity (Wildman–Crippen MR) is 133 cm³/mol. The summed E-state index contributed by atoms with van der Waals surface area (Å²) in [5.74, 6) is 0.508. The third-order valence-electron chi connectivity index (χ3n) is 5.64. The molecule has 0 radical (unpaired) electrons. The van der Waals surface area contributed by atoms with Crippen molar-refractivity contribution in [1.82, 2.24) is 10.2 Å². The molecule has 1 N–H and O–H groups in total. The zero-order valence-corrected chi connectivity index (χ0v) is 20.2. The maximum atomic E-state index is 13.4. The number of nitrogens with one attached hydrogen (secondary N) is 1. The van der Waals surface area contributed by atoms with E-state index in [-0.39, 0.29) is 17.4 Å². The fourth-order valence-corrected chi connectivity index (χ4v) is 3.92. The van der Waals surface area contributed by atoms with E-state index in [2.05, 4.69) is 29.6 Å². The van der Waals surface area contributed by atoms with E-state index in [4.69, 9.17) is 4.74 Å². The molecule has 0 fully saturated rings. The van der Waals surface area contributed by atoms with Gasteiger partial charge < -0.3 is 15.0 Å². The lowest BCUT2D eigenvalue weighted by atomic mass is 10.0. The van der Waals surface area contributed by atoms with Gasteiger partial charge in [0.1, 0.15) is 11.8 Å². The minimum Gasteiger partial charge on any atom is -0.497 e. The van der Waals surface area contributed by atoms with E-state index in [0.717, 1.165) is 27.6 Å². The van der Waals surface area contributed by atoms with Crippen LogP contribution in [0.4, 0.5) is 0 Å². The normalized spacial score (nSPS) is 12.3. The van der Waals surface area contributed by atoms with Crippen molar-refractivity contribution in [2.45, 2.75) is 58.7 Å². The van der Waals surface area contributed by atoms with Gasteiger partial charge in [-0.1, -0.05) is 54.6 Å². The fraction of sp³-hybridized carbons (Fsp3) is 0.357. The third-order valence-corrected chi connectivity index (χ3v) is 5.64. The van der Waals surface area contributed by atoms with Gasteiger partial charge in [-0.25, -0.2) is 0 Å². The maximum Gasteiger partial charge on any atom is 0.242 e. The number of methoxy groups -OCH3 is 1. The van der Waals surface area contributed by atoms with Crippen LogP contribution in [0.5, 0.6) is 5.75 Å². The molecular formula is C28H34N2O3. The van der Waals surface area contributed by atoms with Gasteiger partial charge in [0.15, 0.2) is 0 Å². The van der Waals surface area contributed by atoms with Crippen LogP contribution in [-0.4, -0.2) is 35.4 Å². The first-order chi connectivity index (χ1) is 15.7. The largest absolute Gasteiger partial charge is 0.497 e. The van der Waals surface area contributed by atoms with Gasteiger partial charge in [-0.2, -0.15) is 0 Å². The van der Waals surface area contributed by atoms with Crippen LogP contribution >= 0.6 is 0 Å². The molecule has 0 spiro atoms.